The highest BCUT2D eigenvalue weighted by Gasteiger charge is 2.50. The Morgan fingerprint density at radius 1 is 0.758 bits per heavy atom. The van der Waals surface area contributed by atoms with Gasteiger partial charge >= 0.3 is 23.9 Å². The number of rotatable bonds is 18. The number of anilines is 1. The molecular weight excluding hydrogens is 1600 g/mol. The lowest BCUT2D eigenvalue weighted by Crippen LogP contribution is -2.60. The molecule has 9 aromatic rings. The minimum atomic E-state index is -3.80. The molecule has 36 heteroatoms. The van der Waals surface area contributed by atoms with Gasteiger partial charge in [0.15, 0.2) is 17.7 Å². The van der Waals surface area contributed by atoms with Gasteiger partial charge in [0.05, 0.1) is 74.4 Å². The molecular formula is C84H90N7O27S2+. The summed E-state index contributed by atoms with van der Waals surface area (Å²) in [7, 11) is -3.80. The van der Waals surface area contributed by atoms with Crippen molar-refractivity contribution in [3.05, 3.63) is 250 Å². The fraction of sp³-hybridized carbons (Fsp3) is 0.286. The van der Waals surface area contributed by atoms with Gasteiger partial charge in [-0.15, -0.1) is 0 Å². The summed E-state index contributed by atoms with van der Waals surface area (Å²) >= 11 is 1.65. The number of aromatic amines is 1. The minimum absolute atomic E-state index is 0.0289. The van der Waals surface area contributed by atoms with Crippen LogP contribution < -0.4 is 21.5 Å². The molecule has 20 N–H and O–H groups in total. The monoisotopic (exact) mass is 1690 g/mol. The Kier molecular flexibility index (Phi) is 31.2. The topological polar surface area (TPSA) is 607 Å². The van der Waals surface area contributed by atoms with Crippen LogP contribution in [0.3, 0.4) is 0 Å². The number of nitrogen functional groups attached to an aromatic ring is 1. The van der Waals surface area contributed by atoms with Gasteiger partial charge < -0.3 is 97.1 Å². The number of pyridine rings is 1. The van der Waals surface area contributed by atoms with Crippen molar-refractivity contribution < 1.29 is 132 Å². The zero-order chi connectivity index (χ0) is 88.7. The number of carbonyl (C=O) groups excluding carboxylic acids is 3. The van der Waals surface area contributed by atoms with E-state index in [1.165, 1.54) is 102 Å². The number of phenolic OH excluding ortho intramolecular Hbond substituents is 4. The molecule has 0 radical (unpaired) electrons. The number of thiazole rings is 1. The number of carbonyl (C=O) groups is 7. The number of hydrogen-bond acceptors (Lipinski definition) is 28. The van der Waals surface area contributed by atoms with Gasteiger partial charge in [0.25, 0.3) is 15.9 Å². The van der Waals surface area contributed by atoms with Gasteiger partial charge in [0, 0.05) is 56.3 Å². The Bertz CT molecular complexity index is 5760. The smallest absolute Gasteiger partial charge is 0.354 e. The number of hydrogen-bond donors (Lipinski definition) is 18. The Hall–Kier alpha value is -12.6. The molecule has 0 saturated carbocycles. The molecule has 120 heavy (non-hydrogen) atoms. The lowest BCUT2D eigenvalue weighted by molar-refractivity contribution is -0.689. The number of aliphatic carboxylic acids is 1. The van der Waals surface area contributed by atoms with Crippen LogP contribution >= 0.6 is 11.3 Å². The number of phenols is 4. The predicted octanol–water partition coefficient (Wildman–Crippen LogP) is 7.57. The maximum atomic E-state index is 13.1. The van der Waals surface area contributed by atoms with Crippen molar-refractivity contribution in [1.82, 2.24) is 19.9 Å². The molecule has 0 bridgehead atoms. The van der Waals surface area contributed by atoms with Crippen LogP contribution in [0.5, 0.6) is 23.0 Å². The highest BCUT2D eigenvalue weighted by molar-refractivity contribution is 7.85. The lowest BCUT2D eigenvalue weighted by atomic mass is 9.71. The number of nitrogens with two attached hydrogens (primary N) is 2. The third-order valence-corrected chi connectivity index (χ3v) is 21.5. The van der Waals surface area contributed by atoms with Crippen LogP contribution in [-0.2, 0) is 39.2 Å². The third kappa shape index (κ3) is 22.4. The number of aromatic hydroxyl groups is 4. The summed E-state index contributed by atoms with van der Waals surface area (Å²) < 4.78 is 40.5. The van der Waals surface area contributed by atoms with Crippen molar-refractivity contribution in [2.24, 2.45) is 11.1 Å². The van der Waals surface area contributed by atoms with E-state index in [4.69, 9.17) is 45.6 Å². The molecule has 4 unspecified atom stereocenters. The number of aryl methyl sites for hydroxylation is 1. The number of ketones is 3. The Labute approximate surface area is 689 Å². The zero-order valence-electron chi connectivity index (χ0n) is 65.7. The summed E-state index contributed by atoms with van der Waals surface area (Å²) in [6, 6.07) is 19.4. The third-order valence-electron chi connectivity index (χ3n) is 19.6. The maximum absolute atomic E-state index is 13.1. The number of aliphatic hydroxyl groups excluding tert-OH is 6. The number of allylic oxidation sites excluding steroid dienone is 9. The van der Waals surface area contributed by atoms with E-state index in [1.54, 1.807) is 48.7 Å². The van der Waals surface area contributed by atoms with Gasteiger partial charge in [0.2, 0.25) is 17.1 Å². The molecule has 0 amide bonds. The number of nitrogens with zero attached hydrogens (tertiary/aromatic N) is 4. The second kappa shape index (κ2) is 40.2. The van der Waals surface area contributed by atoms with Crippen molar-refractivity contribution >= 4 is 79.5 Å². The first kappa shape index (κ1) is 92.9. The molecule has 0 spiro atoms. The van der Waals surface area contributed by atoms with Crippen LogP contribution in [-0.4, -0.2) is 202 Å². The van der Waals surface area contributed by atoms with Crippen molar-refractivity contribution in [2.75, 3.05) is 31.2 Å². The standard InChI is InChI=1S/C21H22O9.C20H28O2.C15H10O4.C14H6N2O8.C12H17N4OS.C2H7NO3S/c22-6-8-4-10-14(21-20(29)19(28)17(26)13(7-23)30-21)9-2-1-3-11(24)15(9)18(27)16(10)12(25)5-8;1-15(8-6-9-16(2)14-19(21)22)11-12-18-17(3)10-7-13-20(18,4)5;16-10-3-1-9(2-4-10)13-8-19-14-7-11(17)5-6-12(14)15(13)18;17-10-4-2-6(14(23)24)15-8(4)7-3(12(19)20)1-5(13(21)22)16-9(7)11(10)18;1-8-11(3-4-17)18-7-16(8)6-10-5-14-9(2)15-12(10)13;3-1-2-7(4,5)6/h1-5,13-14,17,19-26,28-29H,6-7H2;6,8-9,11-12,14H,7,10,13H2,1-5H3,(H,21,22);1-8,16-17H;1-2,15H,(H,19,20)(H,21,22)(H,23,24);5,7,17H,3-4,6H2,1-2H3,(H2,13,14,15);1-3H2,(H,4,5,6)/q;;;;+1;/b;9-6+,12-11+,15-8+,16-14+;;;;/t13?,14?,17-,19?,20+,21?;;;;;/m1...../s1. The highest BCUT2D eigenvalue weighted by atomic mass is 32.2. The van der Waals surface area contributed by atoms with E-state index in [1.807, 2.05) is 31.5 Å². The fourth-order valence-electron chi connectivity index (χ4n) is 13.6. The number of benzene rings is 4. The van der Waals surface area contributed by atoms with Crippen LogP contribution in [0.1, 0.15) is 167 Å². The summed E-state index contributed by atoms with van der Waals surface area (Å²) in [4.78, 5) is 109. The van der Waals surface area contributed by atoms with Crippen LogP contribution in [0.2, 0.25) is 0 Å². The van der Waals surface area contributed by atoms with Crippen LogP contribution in [0, 0.1) is 19.3 Å². The van der Waals surface area contributed by atoms with E-state index >= 15 is 0 Å². The number of aromatic nitrogens is 5. The van der Waals surface area contributed by atoms with E-state index in [0.29, 0.717) is 52.3 Å². The van der Waals surface area contributed by atoms with Crippen LogP contribution in [0.25, 0.3) is 33.4 Å². The van der Waals surface area contributed by atoms with Crippen LogP contribution in [0.4, 0.5) is 5.82 Å². The van der Waals surface area contributed by atoms with Gasteiger partial charge in [0.1, 0.15) is 88.0 Å². The van der Waals surface area contributed by atoms with Crippen molar-refractivity contribution in [3.63, 3.8) is 0 Å². The molecule has 4 aliphatic rings. The predicted molar refractivity (Wildman–Crippen MR) is 436 cm³/mol. The molecule has 6 heterocycles. The summed E-state index contributed by atoms with van der Waals surface area (Å²) in [5, 5.41) is 135. The highest BCUT2D eigenvalue weighted by Crippen LogP contribution is 2.48. The number of ether oxygens (including phenoxy) is 1. The zero-order valence-corrected chi connectivity index (χ0v) is 67.3. The van der Waals surface area contributed by atoms with Crippen molar-refractivity contribution in [2.45, 2.75) is 124 Å². The van der Waals surface area contributed by atoms with Crippen molar-refractivity contribution in [1.29, 1.82) is 0 Å². The van der Waals surface area contributed by atoms with Gasteiger partial charge in [-0.1, -0.05) is 97.0 Å². The fourth-order valence-corrected chi connectivity index (χ4v) is 14.9. The average molecular weight is 1690 g/mol. The number of carboxylic acid groups (broad SMARTS) is 4. The van der Waals surface area contributed by atoms with Gasteiger partial charge in [-0.3, -0.25) is 23.7 Å². The number of Topliss-reactive ketones (excluding diaryl/α,β-unsaturated/α-hetero) is 2. The largest absolute Gasteiger partial charge is 0.508 e. The second-order valence-electron chi connectivity index (χ2n) is 28.6. The number of aromatic carboxylic acids is 3. The second-order valence-corrected chi connectivity index (χ2v) is 31.1. The Morgan fingerprint density at radius 2 is 1.44 bits per heavy atom. The molecule has 13 rings (SSSR count). The lowest BCUT2D eigenvalue weighted by Gasteiger charge is -2.45. The molecule has 5 aromatic heterocycles. The van der Waals surface area contributed by atoms with Gasteiger partial charge in [-0.25, -0.2) is 34.1 Å². The normalized spacial score (nSPS) is 17.9. The molecule has 1 aliphatic heterocycles. The number of carboxylic acids is 4. The van der Waals surface area contributed by atoms with Gasteiger partial charge in [-0.05, 0) is 134 Å². The van der Waals surface area contributed by atoms with Crippen molar-refractivity contribution in [3.8, 4) is 45.4 Å². The molecule has 4 aromatic carbocycles. The first-order chi connectivity index (χ1) is 56.6. The number of aliphatic hydroxyl groups is 6. The van der Waals surface area contributed by atoms with E-state index < -0.39 is 129 Å². The summed E-state index contributed by atoms with van der Waals surface area (Å²) in [6.45, 7) is 14.3. The Morgan fingerprint density at radius 3 is 2.04 bits per heavy atom. The number of H-pyrrole nitrogens is 1. The summed E-state index contributed by atoms with van der Waals surface area (Å²) in [6.07, 6.45) is 11.6. The Balaban J connectivity index is 0.000000185. The molecule has 3 aliphatic carbocycles. The molecule has 6 atom stereocenters. The quantitative estimate of drug-likeness (QED) is 0.0129. The summed E-state index contributed by atoms with van der Waals surface area (Å²) in [5.74, 6) is -9.07. The molecule has 1 fully saturated rings. The minimum Gasteiger partial charge on any atom is -0.508 e. The SMILES string of the molecule is CC1=C(/C=C/C(C)=C/C=C/C(C)=C/C(=O)O)C(C)(C)CCC1.Cc1ncc(C[n+]2csc(CCO)c2C)c(N)n1.NCCS(=O)(=O)O.O=C(O)c1cc(C(=O)O)c2c(n1)C(=O)C(=O)c1cc(C(=O)O)[nH]c1-2.O=C1c2c(O)cccc2C(C2OC(CO)[C@@H](O)C(O)[C@@H]2O)c2cc(CO)cc(O)c21.O=c1c(-c2ccc(O)cc2)coc2cc(O)ccc12. The molecule has 634 valence electrons. The van der Waals surface area contributed by atoms with E-state index in [0.717, 1.165) is 34.5 Å². The summed E-state index contributed by atoms with van der Waals surface area (Å²) in [5.41, 5.74) is 18.5. The number of nitrogens with one attached hydrogen (secondary N) is 1. The molecule has 34 nitrogen and oxygen atoms in total. The first-order valence-corrected chi connectivity index (χ1v) is 39.3. The number of fused-ring (bicyclic) bond motifs is 6. The van der Waals surface area contributed by atoms with Crippen LogP contribution in [0.15, 0.2) is 171 Å². The van der Waals surface area contributed by atoms with E-state index in [9.17, 15) is 97.8 Å². The average Bonchev–Trinajstić information content (AvgIpc) is 0.911. The van der Waals surface area contributed by atoms with Gasteiger partial charge in [-0.2, -0.15) is 13.0 Å². The van der Waals surface area contributed by atoms with E-state index in [2.05, 4.69) is 64.4 Å². The maximum Gasteiger partial charge on any atom is 0.354 e. The molecule has 1 saturated heterocycles. The van der Waals surface area contributed by atoms with E-state index in [-0.39, 0.29) is 86.1 Å². The first-order valence-electron chi connectivity index (χ1n) is 36.8.